The number of rotatable bonds is 3. The standard InChI is InChI=1S/C15H20N8O5/c1-17-13(27)6-2-19-23(3-6)15-20-11(16)8-12(21-15)22(5-18-8)14-10(26)9(25)7(4-24)28-14/h2-3,5,7-10,12,14,24-26H,4H2,1H3,(H,17,27)(H2,16,20,21)/t7?,8?,9-,10-,12?,14?/m1/s1. The molecule has 1 saturated heterocycles. The van der Waals surface area contributed by atoms with Crippen LogP contribution in [-0.4, -0.2) is 104 Å². The van der Waals surface area contributed by atoms with Crippen molar-refractivity contribution in [3.05, 3.63) is 18.0 Å². The van der Waals surface area contributed by atoms with Gasteiger partial charge in [-0.25, -0.2) is 9.67 Å². The van der Waals surface area contributed by atoms with Gasteiger partial charge in [-0.05, 0) is 0 Å². The van der Waals surface area contributed by atoms with Crippen LogP contribution in [0.2, 0.25) is 0 Å². The molecular weight excluding hydrogens is 372 g/mol. The van der Waals surface area contributed by atoms with Gasteiger partial charge >= 0.3 is 0 Å². The lowest BCUT2D eigenvalue weighted by Crippen LogP contribution is -2.52. The third-order valence-corrected chi connectivity index (χ3v) is 4.82. The van der Waals surface area contributed by atoms with Gasteiger partial charge in [-0.15, -0.1) is 0 Å². The molecule has 0 aliphatic carbocycles. The van der Waals surface area contributed by atoms with Crippen molar-refractivity contribution in [2.75, 3.05) is 13.7 Å². The van der Waals surface area contributed by atoms with Crippen LogP contribution in [0.5, 0.6) is 0 Å². The van der Waals surface area contributed by atoms with Crippen molar-refractivity contribution < 1.29 is 24.9 Å². The molecule has 0 saturated carbocycles. The number of aliphatic hydroxyl groups excluding tert-OH is 3. The molecule has 13 nitrogen and oxygen atoms in total. The number of ether oxygens (including phenoxy) is 1. The van der Waals surface area contributed by atoms with Gasteiger partial charge in [-0.2, -0.15) is 10.1 Å². The SMILES string of the molecule is CNC(=O)c1cnn(C2=NC3C(N=CN3C3OC(CO)[C@@H](O)[C@H]3O)C(N)=N2)c1. The lowest BCUT2D eigenvalue weighted by Gasteiger charge is -2.32. The van der Waals surface area contributed by atoms with E-state index in [1.54, 1.807) is 0 Å². The van der Waals surface area contributed by atoms with E-state index in [1.165, 1.54) is 35.4 Å². The number of nitrogens with one attached hydrogen (secondary N) is 1. The molecule has 4 unspecified atom stereocenters. The molecule has 0 bridgehead atoms. The Balaban J connectivity index is 1.62. The molecule has 28 heavy (non-hydrogen) atoms. The first-order valence-corrected chi connectivity index (χ1v) is 8.56. The Morgan fingerprint density at radius 1 is 1.39 bits per heavy atom. The number of nitrogens with zero attached hydrogens (tertiary/aromatic N) is 6. The van der Waals surface area contributed by atoms with Gasteiger partial charge in [0.15, 0.2) is 12.4 Å². The molecule has 0 spiro atoms. The average molecular weight is 392 g/mol. The minimum Gasteiger partial charge on any atom is -0.394 e. The Morgan fingerprint density at radius 3 is 2.86 bits per heavy atom. The van der Waals surface area contributed by atoms with Gasteiger partial charge in [0.25, 0.3) is 5.91 Å². The second kappa shape index (κ2) is 6.94. The summed E-state index contributed by atoms with van der Waals surface area (Å²) in [5.74, 6) is 0.00320. The first-order valence-electron chi connectivity index (χ1n) is 8.56. The van der Waals surface area contributed by atoms with E-state index in [0.29, 0.717) is 5.56 Å². The summed E-state index contributed by atoms with van der Waals surface area (Å²) in [6.07, 6.45) is -0.858. The predicted molar refractivity (Wildman–Crippen MR) is 95.7 cm³/mol. The van der Waals surface area contributed by atoms with E-state index < -0.39 is 43.4 Å². The summed E-state index contributed by atoms with van der Waals surface area (Å²) in [7, 11) is 1.51. The lowest BCUT2D eigenvalue weighted by molar-refractivity contribution is -0.0779. The van der Waals surface area contributed by atoms with E-state index in [2.05, 4.69) is 25.4 Å². The number of aliphatic hydroxyl groups is 3. The van der Waals surface area contributed by atoms with Gasteiger partial charge in [0.1, 0.15) is 30.2 Å². The van der Waals surface area contributed by atoms with Crippen molar-refractivity contribution in [1.29, 1.82) is 0 Å². The maximum Gasteiger partial charge on any atom is 0.254 e. The smallest absolute Gasteiger partial charge is 0.254 e. The monoisotopic (exact) mass is 392 g/mol. The highest BCUT2D eigenvalue weighted by Crippen LogP contribution is 2.30. The van der Waals surface area contributed by atoms with Gasteiger partial charge in [-0.1, -0.05) is 0 Å². The molecule has 4 rings (SSSR count). The van der Waals surface area contributed by atoms with Crippen molar-refractivity contribution in [3.63, 3.8) is 0 Å². The number of carbonyl (C=O) groups is 1. The van der Waals surface area contributed by atoms with Crippen molar-refractivity contribution in [2.24, 2.45) is 20.7 Å². The number of carbonyl (C=O) groups excluding carboxylic acids is 1. The lowest BCUT2D eigenvalue weighted by atomic mass is 10.1. The molecule has 1 amide bonds. The highest BCUT2D eigenvalue weighted by Gasteiger charge is 2.50. The van der Waals surface area contributed by atoms with Crippen LogP contribution < -0.4 is 11.1 Å². The van der Waals surface area contributed by atoms with Gasteiger partial charge in [0.05, 0.1) is 24.7 Å². The van der Waals surface area contributed by atoms with E-state index in [1.807, 2.05) is 0 Å². The summed E-state index contributed by atoms with van der Waals surface area (Å²) in [6, 6.07) is -0.598. The van der Waals surface area contributed by atoms with E-state index in [9.17, 15) is 20.1 Å². The highest BCUT2D eigenvalue weighted by molar-refractivity contribution is 6.03. The Hall–Kier alpha value is -2.87. The maximum atomic E-state index is 11.7. The van der Waals surface area contributed by atoms with Gasteiger partial charge in [0.2, 0.25) is 5.96 Å². The largest absolute Gasteiger partial charge is 0.394 e. The number of nitrogens with two attached hydrogens (primary N) is 1. The fraction of sp³-hybridized carbons (Fsp3) is 0.533. The number of aromatic nitrogens is 2. The fourth-order valence-corrected chi connectivity index (χ4v) is 3.30. The second-order valence-corrected chi connectivity index (χ2v) is 6.52. The Kier molecular flexibility index (Phi) is 4.58. The molecule has 1 aromatic rings. The molecule has 3 aliphatic rings. The zero-order chi connectivity index (χ0) is 20.0. The normalized spacial score (nSPS) is 34.2. The highest BCUT2D eigenvalue weighted by atomic mass is 16.6. The third-order valence-electron chi connectivity index (χ3n) is 4.82. The molecule has 13 heteroatoms. The number of fused-ring (bicyclic) bond motifs is 1. The van der Waals surface area contributed by atoms with Crippen LogP contribution in [0.25, 0.3) is 0 Å². The fourth-order valence-electron chi connectivity index (χ4n) is 3.30. The summed E-state index contributed by atoms with van der Waals surface area (Å²) in [6.45, 7) is -0.443. The Bertz CT molecular complexity index is 866. The van der Waals surface area contributed by atoms with E-state index in [4.69, 9.17) is 10.5 Å². The zero-order valence-corrected chi connectivity index (χ0v) is 14.8. The maximum absolute atomic E-state index is 11.7. The first kappa shape index (κ1) is 18.5. The minimum absolute atomic E-state index is 0.135. The number of hydrogen-bond acceptors (Lipinski definition) is 11. The van der Waals surface area contributed by atoms with Gasteiger partial charge < -0.3 is 36.0 Å². The van der Waals surface area contributed by atoms with Crippen LogP contribution in [0, 0.1) is 0 Å². The molecule has 150 valence electrons. The third kappa shape index (κ3) is 2.84. The van der Waals surface area contributed by atoms with Crippen molar-refractivity contribution in [1.82, 2.24) is 20.0 Å². The molecular formula is C15H20N8O5. The zero-order valence-electron chi connectivity index (χ0n) is 14.8. The number of hydrogen-bond donors (Lipinski definition) is 5. The van der Waals surface area contributed by atoms with Crippen molar-refractivity contribution >= 4 is 24.0 Å². The van der Waals surface area contributed by atoms with Gasteiger partial charge in [0, 0.05) is 13.2 Å². The molecule has 0 aromatic carbocycles. The summed E-state index contributed by atoms with van der Waals surface area (Å²) in [5.41, 5.74) is 6.36. The van der Waals surface area contributed by atoms with Crippen LogP contribution in [0.4, 0.5) is 0 Å². The molecule has 6 atom stereocenters. The number of amidine groups is 1. The number of amides is 1. The quantitative estimate of drug-likeness (QED) is 0.348. The molecule has 6 N–H and O–H groups in total. The van der Waals surface area contributed by atoms with E-state index >= 15 is 0 Å². The van der Waals surface area contributed by atoms with Crippen LogP contribution in [0.15, 0.2) is 27.4 Å². The Labute approximate surface area is 158 Å². The molecule has 3 aliphatic heterocycles. The number of aliphatic imine (C=N–C) groups is 3. The Morgan fingerprint density at radius 2 is 2.18 bits per heavy atom. The summed E-state index contributed by atoms with van der Waals surface area (Å²) >= 11 is 0. The average Bonchev–Trinajstić information content (AvgIpc) is 3.40. The van der Waals surface area contributed by atoms with Crippen molar-refractivity contribution in [3.8, 4) is 0 Å². The topological polar surface area (TPSA) is 183 Å². The van der Waals surface area contributed by atoms with E-state index in [0.717, 1.165) is 0 Å². The second-order valence-electron chi connectivity index (χ2n) is 6.52. The molecule has 4 heterocycles. The van der Waals surface area contributed by atoms with E-state index in [-0.39, 0.29) is 17.7 Å². The van der Waals surface area contributed by atoms with Crippen LogP contribution in [0.1, 0.15) is 10.4 Å². The molecule has 1 fully saturated rings. The van der Waals surface area contributed by atoms with Crippen LogP contribution >= 0.6 is 0 Å². The predicted octanol–water partition coefficient (Wildman–Crippen LogP) is -3.70. The first-order chi connectivity index (χ1) is 13.4. The molecule has 0 radical (unpaired) electrons. The van der Waals surface area contributed by atoms with Crippen molar-refractivity contribution in [2.45, 2.75) is 36.7 Å². The molecule has 1 aromatic heterocycles. The summed E-state index contributed by atoms with van der Waals surface area (Å²) in [4.78, 5) is 26.2. The van der Waals surface area contributed by atoms with Crippen LogP contribution in [-0.2, 0) is 4.74 Å². The summed E-state index contributed by atoms with van der Waals surface area (Å²) in [5, 5.41) is 36.2. The summed E-state index contributed by atoms with van der Waals surface area (Å²) < 4.78 is 6.86. The van der Waals surface area contributed by atoms with Gasteiger partial charge in [-0.3, -0.25) is 9.79 Å². The van der Waals surface area contributed by atoms with Crippen LogP contribution in [0.3, 0.4) is 0 Å². The minimum atomic E-state index is -1.27.